The molecular formula is C19H23N7S. The van der Waals surface area contributed by atoms with Gasteiger partial charge < -0.3 is 9.80 Å². The number of rotatable bonds is 4. The summed E-state index contributed by atoms with van der Waals surface area (Å²) in [5, 5.41) is 10.4. The summed E-state index contributed by atoms with van der Waals surface area (Å²) in [5.41, 5.74) is 0.554. The molecule has 8 heteroatoms. The van der Waals surface area contributed by atoms with Crippen LogP contribution in [0.15, 0.2) is 28.5 Å². The van der Waals surface area contributed by atoms with E-state index >= 15 is 0 Å². The number of hydrogen-bond acceptors (Lipinski definition) is 8. The quantitative estimate of drug-likeness (QED) is 0.798. The number of nitriles is 1. The van der Waals surface area contributed by atoms with Crippen LogP contribution < -0.4 is 9.80 Å². The van der Waals surface area contributed by atoms with Crippen molar-refractivity contribution in [1.29, 1.82) is 5.26 Å². The van der Waals surface area contributed by atoms with E-state index in [0.717, 1.165) is 43.1 Å². The van der Waals surface area contributed by atoms with Gasteiger partial charge in [0.25, 0.3) is 0 Å². The standard InChI is InChI=1S/C19H23N7S/c20-13-15-7-8-16(21-14-15)27-19-23-17(25-9-3-1-4-10-25)22-18(24-19)26-11-5-2-6-12-26/h7-8,14H,1-6,9-12H2. The lowest BCUT2D eigenvalue weighted by Crippen LogP contribution is -2.34. The highest BCUT2D eigenvalue weighted by Gasteiger charge is 2.20. The first-order valence-electron chi connectivity index (χ1n) is 9.62. The molecule has 140 valence electrons. The lowest BCUT2D eigenvalue weighted by molar-refractivity contribution is 0.551. The molecule has 7 nitrogen and oxygen atoms in total. The maximum atomic E-state index is 8.94. The van der Waals surface area contributed by atoms with Crippen molar-refractivity contribution in [3.05, 3.63) is 23.9 Å². The van der Waals surface area contributed by atoms with Crippen LogP contribution in [0.3, 0.4) is 0 Å². The van der Waals surface area contributed by atoms with E-state index in [1.54, 1.807) is 12.3 Å². The first-order valence-corrected chi connectivity index (χ1v) is 10.4. The molecule has 27 heavy (non-hydrogen) atoms. The van der Waals surface area contributed by atoms with Crippen LogP contribution in [0.2, 0.25) is 0 Å². The van der Waals surface area contributed by atoms with Gasteiger partial charge in [-0.3, -0.25) is 0 Å². The lowest BCUT2D eigenvalue weighted by Gasteiger charge is -2.30. The van der Waals surface area contributed by atoms with Crippen LogP contribution in [0.25, 0.3) is 0 Å². The van der Waals surface area contributed by atoms with Crippen molar-refractivity contribution in [3.8, 4) is 6.07 Å². The van der Waals surface area contributed by atoms with Crippen molar-refractivity contribution >= 4 is 23.7 Å². The third-order valence-electron chi connectivity index (χ3n) is 4.93. The molecule has 2 aromatic rings. The minimum atomic E-state index is 0.554. The highest BCUT2D eigenvalue weighted by atomic mass is 32.2. The van der Waals surface area contributed by atoms with Gasteiger partial charge in [-0.1, -0.05) is 0 Å². The molecule has 0 aliphatic carbocycles. The molecule has 0 radical (unpaired) electrons. The lowest BCUT2D eigenvalue weighted by atomic mass is 10.1. The molecule has 2 aromatic heterocycles. The van der Waals surface area contributed by atoms with E-state index in [1.165, 1.54) is 50.3 Å². The van der Waals surface area contributed by atoms with Crippen LogP contribution in [0, 0.1) is 11.3 Å². The van der Waals surface area contributed by atoms with E-state index in [-0.39, 0.29) is 0 Å². The SMILES string of the molecule is N#Cc1ccc(Sc2nc(N3CCCCC3)nc(N3CCCCC3)n2)nc1. The molecule has 0 aromatic carbocycles. The predicted octanol–water partition coefficient (Wildman–Crippen LogP) is 3.27. The van der Waals surface area contributed by atoms with Gasteiger partial charge in [-0.25, -0.2) is 4.98 Å². The molecule has 2 aliphatic heterocycles. The predicted molar refractivity (Wildman–Crippen MR) is 105 cm³/mol. The molecule has 2 fully saturated rings. The largest absolute Gasteiger partial charge is 0.341 e. The van der Waals surface area contributed by atoms with Gasteiger partial charge in [-0.05, 0) is 62.4 Å². The summed E-state index contributed by atoms with van der Waals surface area (Å²) in [4.78, 5) is 23.1. The van der Waals surface area contributed by atoms with E-state index in [9.17, 15) is 0 Å². The Kier molecular flexibility index (Phi) is 5.68. The zero-order chi connectivity index (χ0) is 18.5. The molecule has 0 N–H and O–H groups in total. The second kappa shape index (κ2) is 8.53. The Morgan fingerprint density at radius 3 is 1.89 bits per heavy atom. The average Bonchev–Trinajstić information content (AvgIpc) is 2.75. The summed E-state index contributed by atoms with van der Waals surface area (Å²) >= 11 is 1.43. The zero-order valence-electron chi connectivity index (χ0n) is 15.3. The molecule has 2 saturated heterocycles. The minimum Gasteiger partial charge on any atom is -0.341 e. The fourth-order valence-electron chi connectivity index (χ4n) is 3.45. The zero-order valence-corrected chi connectivity index (χ0v) is 16.2. The molecule has 0 saturated carbocycles. The number of aromatic nitrogens is 4. The fourth-order valence-corrected chi connectivity index (χ4v) is 4.14. The topological polar surface area (TPSA) is 81.8 Å². The number of pyridine rings is 1. The van der Waals surface area contributed by atoms with E-state index < -0.39 is 0 Å². The van der Waals surface area contributed by atoms with Crippen LogP contribution in [-0.2, 0) is 0 Å². The van der Waals surface area contributed by atoms with Gasteiger partial charge >= 0.3 is 0 Å². The second-order valence-corrected chi connectivity index (χ2v) is 7.90. The van der Waals surface area contributed by atoms with Gasteiger partial charge in [-0.2, -0.15) is 20.2 Å². The number of hydrogen-bond donors (Lipinski definition) is 0. The molecule has 2 aliphatic rings. The molecule has 0 spiro atoms. The van der Waals surface area contributed by atoms with Crippen LogP contribution in [-0.4, -0.2) is 46.1 Å². The molecule has 0 bridgehead atoms. The third-order valence-corrected chi connectivity index (χ3v) is 5.75. The molecule has 0 amide bonds. The first kappa shape index (κ1) is 18.0. The maximum absolute atomic E-state index is 8.94. The highest BCUT2D eigenvalue weighted by Crippen LogP contribution is 2.28. The Bertz CT molecular complexity index is 770. The summed E-state index contributed by atoms with van der Waals surface area (Å²) in [7, 11) is 0. The maximum Gasteiger partial charge on any atom is 0.231 e. The molecular weight excluding hydrogens is 358 g/mol. The first-order chi connectivity index (χ1) is 13.3. The minimum absolute atomic E-state index is 0.554. The Labute approximate surface area is 163 Å². The van der Waals surface area contributed by atoms with Gasteiger partial charge in [0, 0.05) is 32.4 Å². The molecule has 0 atom stereocenters. The van der Waals surface area contributed by atoms with Crippen LogP contribution in [0.5, 0.6) is 0 Å². The van der Waals surface area contributed by atoms with E-state index in [4.69, 9.17) is 20.2 Å². The normalized spacial score (nSPS) is 17.6. The van der Waals surface area contributed by atoms with E-state index in [0.29, 0.717) is 10.7 Å². The van der Waals surface area contributed by atoms with Crippen molar-refractivity contribution in [2.24, 2.45) is 0 Å². The number of nitrogens with zero attached hydrogens (tertiary/aromatic N) is 7. The van der Waals surface area contributed by atoms with Crippen molar-refractivity contribution in [1.82, 2.24) is 19.9 Å². The smallest absolute Gasteiger partial charge is 0.231 e. The summed E-state index contributed by atoms with van der Waals surface area (Å²) in [5.74, 6) is 1.56. The monoisotopic (exact) mass is 381 g/mol. The molecule has 4 rings (SSSR count). The van der Waals surface area contributed by atoms with Gasteiger partial charge in [0.05, 0.1) is 5.56 Å². The third kappa shape index (κ3) is 4.48. The Balaban J connectivity index is 1.62. The molecule has 4 heterocycles. The van der Waals surface area contributed by atoms with E-state index in [1.807, 2.05) is 6.07 Å². The summed E-state index contributed by atoms with van der Waals surface area (Å²) in [6.07, 6.45) is 8.87. The molecule has 0 unspecified atom stereocenters. The Morgan fingerprint density at radius 1 is 0.815 bits per heavy atom. The second-order valence-electron chi connectivity index (χ2n) is 6.91. The van der Waals surface area contributed by atoms with Gasteiger partial charge in [0.1, 0.15) is 11.1 Å². The summed E-state index contributed by atoms with van der Waals surface area (Å²) < 4.78 is 0. The van der Waals surface area contributed by atoms with Crippen molar-refractivity contribution < 1.29 is 0 Å². The average molecular weight is 382 g/mol. The Hall–Kier alpha value is -2.40. The van der Waals surface area contributed by atoms with Crippen LogP contribution in [0.1, 0.15) is 44.1 Å². The van der Waals surface area contributed by atoms with Crippen LogP contribution >= 0.6 is 11.8 Å². The van der Waals surface area contributed by atoms with Gasteiger partial charge in [0.15, 0.2) is 0 Å². The van der Waals surface area contributed by atoms with Gasteiger partial charge in [-0.15, -0.1) is 0 Å². The fraction of sp³-hybridized carbons (Fsp3) is 0.526. The van der Waals surface area contributed by atoms with Crippen molar-refractivity contribution in [3.63, 3.8) is 0 Å². The Morgan fingerprint density at radius 2 is 1.41 bits per heavy atom. The number of piperidine rings is 2. The summed E-state index contributed by atoms with van der Waals surface area (Å²) in [6.45, 7) is 4.01. The van der Waals surface area contributed by atoms with E-state index in [2.05, 4.69) is 20.9 Å². The van der Waals surface area contributed by atoms with Crippen molar-refractivity contribution in [2.45, 2.75) is 48.7 Å². The highest BCUT2D eigenvalue weighted by molar-refractivity contribution is 7.99. The van der Waals surface area contributed by atoms with Crippen LogP contribution in [0.4, 0.5) is 11.9 Å². The van der Waals surface area contributed by atoms with Gasteiger partial charge in [0.2, 0.25) is 17.1 Å². The van der Waals surface area contributed by atoms with Crippen molar-refractivity contribution in [2.75, 3.05) is 36.0 Å². The summed E-state index contributed by atoms with van der Waals surface area (Å²) in [6, 6.07) is 5.71. The number of anilines is 2.